The Morgan fingerprint density at radius 2 is 1.68 bits per heavy atom. The van der Waals surface area contributed by atoms with Gasteiger partial charge in [-0.1, -0.05) is 18.2 Å². The summed E-state index contributed by atoms with van der Waals surface area (Å²) in [6.07, 6.45) is 5.42. The molecule has 0 radical (unpaired) electrons. The van der Waals surface area contributed by atoms with Crippen LogP contribution in [0.25, 0.3) is 11.1 Å². The molecular formula is C18H20N4O2S. The van der Waals surface area contributed by atoms with E-state index in [1.807, 2.05) is 24.4 Å². The first-order valence-electron chi connectivity index (χ1n) is 7.55. The summed E-state index contributed by atoms with van der Waals surface area (Å²) >= 11 is 0. The molecule has 0 atom stereocenters. The number of nitrogens with one attached hydrogen (secondary N) is 1. The molecule has 2 heterocycles. The number of rotatable bonds is 3. The smallest absolute Gasteiger partial charge is 0.198 e. The highest BCUT2D eigenvalue weighted by atomic mass is 32.2. The minimum atomic E-state index is -2.62. The molecule has 7 heteroatoms. The number of nitrogens with zero attached hydrogens (tertiary/aromatic N) is 2. The van der Waals surface area contributed by atoms with Crippen molar-refractivity contribution in [1.29, 1.82) is 0 Å². The van der Waals surface area contributed by atoms with Crippen LogP contribution in [0.15, 0.2) is 61.1 Å². The van der Waals surface area contributed by atoms with E-state index in [9.17, 15) is 0 Å². The molecule has 0 fully saturated rings. The van der Waals surface area contributed by atoms with Gasteiger partial charge < -0.3 is 5.32 Å². The molecule has 3 rings (SSSR count). The van der Waals surface area contributed by atoms with E-state index in [0.717, 1.165) is 17.1 Å². The molecule has 6 nitrogen and oxygen atoms in total. The van der Waals surface area contributed by atoms with Crippen molar-refractivity contribution in [2.24, 2.45) is 5.14 Å². The maximum atomic E-state index is 8.81. The molecule has 130 valence electrons. The Labute approximate surface area is 148 Å². The van der Waals surface area contributed by atoms with Gasteiger partial charge in [-0.2, -0.15) is 0 Å². The number of anilines is 2. The SMILES string of the molecule is Cc1ccc(-c2ccc(Nc3cccnc3)nc2)cc1C.N[SH](=O)=O. The van der Waals surface area contributed by atoms with E-state index >= 15 is 0 Å². The summed E-state index contributed by atoms with van der Waals surface area (Å²) in [7, 11) is -2.62. The van der Waals surface area contributed by atoms with Crippen molar-refractivity contribution in [2.75, 3.05) is 5.32 Å². The highest BCUT2D eigenvalue weighted by molar-refractivity contribution is 7.69. The summed E-state index contributed by atoms with van der Waals surface area (Å²) in [6.45, 7) is 4.25. The van der Waals surface area contributed by atoms with Crippen LogP contribution in [0.5, 0.6) is 0 Å². The fourth-order valence-corrected chi connectivity index (χ4v) is 2.14. The van der Waals surface area contributed by atoms with Crippen molar-refractivity contribution < 1.29 is 8.42 Å². The lowest BCUT2D eigenvalue weighted by atomic mass is 10.0. The molecule has 0 aliphatic heterocycles. The van der Waals surface area contributed by atoms with Crippen molar-refractivity contribution in [3.05, 3.63) is 72.2 Å². The molecule has 25 heavy (non-hydrogen) atoms. The molecular weight excluding hydrogens is 336 g/mol. The third kappa shape index (κ3) is 5.98. The Morgan fingerprint density at radius 1 is 0.960 bits per heavy atom. The first-order valence-corrected chi connectivity index (χ1v) is 8.80. The third-order valence-corrected chi connectivity index (χ3v) is 3.54. The van der Waals surface area contributed by atoms with Gasteiger partial charge in [0.15, 0.2) is 10.9 Å². The molecule has 3 N–H and O–H groups in total. The molecule has 0 bridgehead atoms. The lowest BCUT2D eigenvalue weighted by Gasteiger charge is -2.08. The van der Waals surface area contributed by atoms with Crippen LogP contribution in [-0.4, -0.2) is 18.4 Å². The van der Waals surface area contributed by atoms with E-state index in [0.29, 0.717) is 0 Å². The van der Waals surface area contributed by atoms with Crippen LogP contribution >= 0.6 is 0 Å². The maximum Gasteiger partial charge on any atom is 0.198 e. The Bertz CT molecular complexity index is 887. The van der Waals surface area contributed by atoms with Crippen LogP contribution in [0.3, 0.4) is 0 Å². The standard InChI is InChI=1S/C18H17N3.H3NO2S/c1-13-5-6-15(10-14(13)2)16-7-8-18(20-11-16)21-17-4-3-9-19-12-17;1-4(2)3/h3-12H,1-2H3,(H,20,21);4H,(H2,1,2,3). The quantitative estimate of drug-likeness (QED) is 0.627. The second-order valence-corrected chi connectivity index (χ2v) is 5.95. The van der Waals surface area contributed by atoms with E-state index in [1.165, 1.54) is 16.7 Å². The summed E-state index contributed by atoms with van der Waals surface area (Å²) < 4.78 is 17.6. The van der Waals surface area contributed by atoms with Gasteiger partial charge in [-0.05, 0) is 54.8 Å². The Balaban J connectivity index is 0.000000511. The van der Waals surface area contributed by atoms with E-state index in [1.54, 1.807) is 12.4 Å². The largest absolute Gasteiger partial charge is 0.339 e. The molecule has 1 aromatic carbocycles. The number of pyridine rings is 2. The van der Waals surface area contributed by atoms with Crippen LogP contribution in [0.2, 0.25) is 0 Å². The zero-order chi connectivity index (χ0) is 18.2. The predicted octanol–water partition coefficient (Wildman–Crippen LogP) is 2.98. The Kier molecular flexibility index (Phi) is 6.62. The topological polar surface area (TPSA) is 98.0 Å². The summed E-state index contributed by atoms with van der Waals surface area (Å²) in [4.78, 5) is 8.54. The van der Waals surface area contributed by atoms with Gasteiger partial charge in [-0.25, -0.2) is 18.5 Å². The molecule has 0 aliphatic rings. The first-order chi connectivity index (χ1) is 12.0. The number of hydrogen-bond acceptors (Lipinski definition) is 5. The van der Waals surface area contributed by atoms with Crippen LogP contribution in [-0.2, 0) is 10.9 Å². The number of aromatic nitrogens is 2. The molecule has 3 aromatic rings. The fraction of sp³-hybridized carbons (Fsp3) is 0.111. The van der Waals surface area contributed by atoms with Gasteiger partial charge in [0.1, 0.15) is 5.82 Å². The molecule has 2 aromatic heterocycles. The highest BCUT2D eigenvalue weighted by Gasteiger charge is 2.01. The monoisotopic (exact) mass is 356 g/mol. The summed E-state index contributed by atoms with van der Waals surface area (Å²) in [5.74, 6) is 0.815. The second kappa shape index (κ2) is 8.91. The molecule has 0 saturated carbocycles. The first kappa shape index (κ1) is 18.6. The van der Waals surface area contributed by atoms with Gasteiger partial charge in [0.25, 0.3) is 0 Å². The van der Waals surface area contributed by atoms with E-state index in [2.05, 4.69) is 58.5 Å². The van der Waals surface area contributed by atoms with E-state index in [4.69, 9.17) is 8.42 Å². The van der Waals surface area contributed by atoms with Crippen molar-refractivity contribution in [3.63, 3.8) is 0 Å². The molecule has 0 spiro atoms. The number of nitrogens with two attached hydrogens (primary N) is 1. The minimum absolute atomic E-state index is 0.815. The van der Waals surface area contributed by atoms with E-state index < -0.39 is 10.9 Å². The van der Waals surface area contributed by atoms with Crippen LogP contribution in [0.1, 0.15) is 11.1 Å². The van der Waals surface area contributed by atoms with Crippen LogP contribution in [0.4, 0.5) is 11.5 Å². The lowest BCUT2D eigenvalue weighted by molar-refractivity contribution is 0.616. The summed E-state index contributed by atoms with van der Waals surface area (Å²) in [6, 6.07) is 14.4. The minimum Gasteiger partial charge on any atom is -0.339 e. The van der Waals surface area contributed by atoms with Gasteiger partial charge in [0, 0.05) is 18.0 Å². The van der Waals surface area contributed by atoms with Crippen molar-refractivity contribution >= 4 is 22.4 Å². The second-order valence-electron chi connectivity index (χ2n) is 5.38. The number of thiol groups is 1. The molecule has 0 unspecified atom stereocenters. The van der Waals surface area contributed by atoms with Crippen molar-refractivity contribution in [1.82, 2.24) is 9.97 Å². The van der Waals surface area contributed by atoms with Gasteiger partial charge >= 0.3 is 0 Å². The Morgan fingerprint density at radius 3 is 2.24 bits per heavy atom. The van der Waals surface area contributed by atoms with Gasteiger partial charge in [0.2, 0.25) is 0 Å². The number of hydrogen-bond donors (Lipinski definition) is 3. The van der Waals surface area contributed by atoms with Crippen molar-refractivity contribution in [2.45, 2.75) is 13.8 Å². The molecule has 0 saturated heterocycles. The fourth-order valence-electron chi connectivity index (χ4n) is 2.14. The number of aryl methyl sites for hydroxylation is 2. The zero-order valence-electron chi connectivity index (χ0n) is 14.0. The predicted molar refractivity (Wildman–Crippen MR) is 101 cm³/mol. The summed E-state index contributed by atoms with van der Waals surface area (Å²) in [5, 5.41) is 7.29. The zero-order valence-corrected chi connectivity index (χ0v) is 14.9. The highest BCUT2D eigenvalue weighted by Crippen LogP contribution is 2.23. The van der Waals surface area contributed by atoms with Crippen molar-refractivity contribution in [3.8, 4) is 11.1 Å². The normalized spacial score (nSPS) is 10.1. The van der Waals surface area contributed by atoms with Gasteiger partial charge in [-0.3, -0.25) is 4.98 Å². The lowest BCUT2D eigenvalue weighted by Crippen LogP contribution is -1.93. The molecule has 0 amide bonds. The Hall–Kier alpha value is -2.77. The van der Waals surface area contributed by atoms with Crippen LogP contribution < -0.4 is 10.5 Å². The third-order valence-electron chi connectivity index (χ3n) is 3.54. The summed E-state index contributed by atoms with van der Waals surface area (Å²) in [5.41, 5.74) is 5.85. The van der Waals surface area contributed by atoms with Gasteiger partial charge in [0.05, 0.1) is 11.9 Å². The number of benzene rings is 1. The molecule has 0 aliphatic carbocycles. The van der Waals surface area contributed by atoms with E-state index in [-0.39, 0.29) is 0 Å². The van der Waals surface area contributed by atoms with Crippen LogP contribution in [0, 0.1) is 13.8 Å². The average Bonchev–Trinajstić information content (AvgIpc) is 2.59. The average molecular weight is 356 g/mol. The maximum absolute atomic E-state index is 8.81. The van der Waals surface area contributed by atoms with Gasteiger partial charge in [-0.15, -0.1) is 0 Å².